The van der Waals surface area contributed by atoms with Gasteiger partial charge in [0.25, 0.3) is 0 Å². The van der Waals surface area contributed by atoms with Crippen LogP contribution in [0.25, 0.3) is 11.1 Å². The van der Waals surface area contributed by atoms with Gasteiger partial charge < -0.3 is 4.74 Å². The molecule has 0 bridgehead atoms. The highest BCUT2D eigenvalue weighted by Gasteiger charge is 2.22. The lowest BCUT2D eigenvalue weighted by Crippen LogP contribution is -2.05. The van der Waals surface area contributed by atoms with Crippen LogP contribution in [-0.2, 0) is 6.42 Å². The van der Waals surface area contributed by atoms with Crippen molar-refractivity contribution in [1.82, 2.24) is 0 Å². The number of aryl methyl sites for hydroxylation is 1. The van der Waals surface area contributed by atoms with Crippen molar-refractivity contribution in [3.8, 4) is 16.9 Å². The van der Waals surface area contributed by atoms with Crippen LogP contribution in [0.1, 0.15) is 22.3 Å². The zero-order valence-corrected chi connectivity index (χ0v) is 12.2. The molecular weight excluding hydrogens is 288 g/mol. The van der Waals surface area contributed by atoms with E-state index in [2.05, 4.69) is 0 Å². The Bertz CT molecular complexity index is 796. The molecule has 1 aliphatic rings. The number of hydrogen-bond donors (Lipinski definition) is 0. The molecule has 1 aliphatic carbocycles. The second-order valence-electron chi connectivity index (χ2n) is 4.94. The fourth-order valence-electron chi connectivity index (χ4n) is 2.68. The van der Waals surface area contributed by atoms with Crippen LogP contribution >= 0.6 is 11.6 Å². The summed E-state index contributed by atoms with van der Waals surface area (Å²) in [5.74, 6) is 0.0665. The van der Waals surface area contributed by atoms with E-state index in [1.165, 1.54) is 19.2 Å². The molecule has 3 rings (SSSR count). The van der Waals surface area contributed by atoms with Crippen molar-refractivity contribution in [3.05, 3.63) is 62.8 Å². The number of halogens is 1. The fraction of sp³-hybridized carbons (Fsp3) is 0.176. The summed E-state index contributed by atoms with van der Waals surface area (Å²) in [6.07, 6.45) is 1.02. The number of hydrogen-bond acceptors (Lipinski definition) is 3. The Morgan fingerprint density at radius 2 is 1.81 bits per heavy atom. The van der Waals surface area contributed by atoms with Gasteiger partial charge in [0.1, 0.15) is 0 Å². The molecule has 2 aromatic carbocycles. The van der Waals surface area contributed by atoms with Gasteiger partial charge in [0, 0.05) is 29.7 Å². The Morgan fingerprint density at radius 1 is 1.05 bits per heavy atom. The standard InChI is InChI=1S/C17H13ClO3/c1-21-16-9-13(18)17-11-5-3-2-4-10(11)6-7-14(19)12(17)8-15(16)20/h2-5,8-9H,6-7H2,1H3. The molecule has 0 amide bonds. The molecule has 3 nitrogen and oxygen atoms in total. The molecule has 0 radical (unpaired) electrons. The van der Waals surface area contributed by atoms with Gasteiger partial charge in [0.05, 0.1) is 12.1 Å². The van der Waals surface area contributed by atoms with Crippen molar-refractivity contribution in [2.45, 2.75) is 12.8 Å². The second kappa shape index (κ2) is 5.34. The minimum atomic E-state index is -0.339. The SMILES string of the molecule is COc1cc(Cl)c2c(cc1=O)C(=O)CCc1ccccc1-2. The van der Waals surface area contributed by atoms with E-state index in [4.69, 9.17) is 16.3 Å². The van der Waals surface area contributed by atoms with E-state index in [1.54, 1.807) is 0 Å². The summed E-state index contributed by atoms with van der Waals surface area (Å²) in [5, 5.41) is 0.353. The Balaban J connectivity index is 2.45. The van der Waals surface area contributed by atoms with Crippen LogP contribution in [0.3, 0.4) is 0 Å². The van der Waals surface area contributed by atoms with Gasteiger partial charge in [-0.05, 0) is 17.5 Å². The highest BCUT2D eigenvalue weighted by atomic mass is 35.5. The number of rotatable bonds is 1. The van der Waals surface area contributed by atoms with Crippen molar-refractivity contribution >= 4 is 17.4 Å². The third-order valence-electron chi connectivity index (χ3n) is 3.71. The van der Waals surface area contributed by atoms with E-state index < -0.39 is 0 Å². The maximum absolute atomic E-state index is 12.4. The van der Waals surface area contributed by atoms with E-state index in [-0.39, 0.29) is 17.0 Å². The maximum atomic E-state index is 12.4. The first-order valence-electron chi connectivity index (χ1n) is 6.65. The first-order valence-corrected chi connectivity index (χ1v) is 7.03. The van der Waals surface area contributed by atoms with E-state index in [0.717, 1.165) is 11.1 Å². The average molecular weight is 301 g/mol. The molecule has 0 saturated heterocycles. The number of ether oxygens (including phenoxy) is 1. The molecule has 0 spiro atoms. The third-order valence-corrected chi connectivity index (χ3v) is 4.01. The average Bonchev–Trinajstić information content (AvgIpc) is 2.70. The van der Waals surface area contributed by atoms with Crippen LogP contribution < -0.4 is 10.2 Å². The predicted molar refractivity (Wildman–Crippen MR) is 82.4 cm³/mol. The van der Waals surface area contributed by atoms with Crippen LogP contribution in [-0.4, -0.2) is 12.9 Å². The van der Waals surface area contributed by atoms with Crippen LogP contribution in [0.15, 0.2) is 41.2 Å². The molecule has 0 saturated carbocycles. The van der Waals surface area contributed by atoms with Crippen LogP contribution in [0, 0.1) is 0 Å². The van der Waals surface area contributed by atoms with E-state index >= 15 is 0 Å². The van der Waals surface area contributed by atoms with Gasteiger partial charge >= 0.3 is 0 Å². The quantitative estimate of drug-likeness (QED) is 0.809. The van der Waals surface area contributed by atoms with Gasteiger partial charge in [-0.1, -0.05) is 35.9 Å². The van der Waals surface area contributed by atoms with Gasteiger partial charge in [-0.3, -0.25) is 9.59 Å². The largest absolute Gasteiger partial charge is 0.493 e. The third kappa shape index (κ3) is 2.34. The van der Waals surface area contributed by atoms with Crippen LogP contribution in [0.2, 0.25) is 5.02 Å². The van der Waals surface area contributed by atoms with Gasteiger partial charge in [0.15, 0.2) is 11.5 Å². The van der Waals surface area contributed by atoms with Crippen molar-refractivity contribution < 1.29 is 9.53 Å². The van der Waals surface area contributed by atoms with E-state index in [1.807, 2.05) is 24.3 Å². The Hall–Kier alpha value is -2.13. The molecule has 0 fully saturated rings. The van der Waals surface area contributed by atoms with Crippen molar-refractivity contribution in [1.29, 1.82) is 0 Å². The fourth-order valence-corrected chi connectivity index (χ4v) is 2.98. The summed E-state index contributed by atoms with van der Waals surface area (Å²) < 4.78 is 5.05. The lowest BCUT2D eigenvalue weighted by molar-refractivity contribution is 0.0984. The van der Waals surface area contributed by atoms with Crippen LogP contribution in [0.4, 0.5) is 0 Å². The zero-order chi connectivity index (χ0) is 15.0. The summed E-state index contributed by atoms with van der Waals surface area (Å²) in [5.41, 5.74) is 2.62. The summed E-state index contributed by atoms with van der Waals surface area (Å²) >= 11 is 6.38. The molecule has 0 N–H and O–H groups in total. The molecule has 2 aromatic rings. The number of benzene rings is 1. The lowest BCUT2D eigenvalue weighted by Gasteiger charge is -2.07. The second-order valence-corrected chi connectivity index (χ2v) is 5.35. The molecule has 0 atom stereocenters. The highest BCUT2D eigenvalue weighted by Crippen LogP contribution is 2.37. The highest BCUT2D eigenvalue weighted by molar-refractivity contribution is 6.34. The van der Waals surface area contributed by atoms with E-state index in [9.17, 15) is 9.59 Å². The van der Waals surface area contributed by atoms with Gasteiger partial charge in [-0.2, -0.15) is 0 Å². The molecule has 0 aliphatic heterocycles. The van der Waals surface area contributed by atoms with Crippen molar-refractivity contribution in [3.63, 3.8) is 0 Å². The number of Topliss-reactive ketones (excluding diaryl/α,β-unsaturated/α-hetero) is 1. The van der Waals surface area contributed by atoms with E-state index in [0.29, 0.717) is 29.0 Å². The van der Waals surface area contributed by atoms with Gasteiger partial charge in [-0.15, -0.1) is 0 Å². The monoisotopic (exact) mass is 300 g/mol. The Kier molecular flexibility index (Phi) is 3.52. The molecule has 106 valence electrons. The lowest BCUT2D eigenvalue weighted by atomic mass is 9.98. The normalized spacial score (nSPS) is 13.1. The molecule has 4 heteroatoms. The summed E-state index contributed by atoms with van der Waals surface area (Å²) in [6, 6.07) is 10.6. The zero-order valence-electron chi connectivity index (χ0n) is 11.5. The molecule has 0 unspecified atom stereocenters. The first kappa shape index (κ1) is 13.8. The topological polar surface area (TPSA) is 43.4 Å². The Labute approximate surface area is 127 Å². The summed E-state index contributed by atoms with van der Waals surface area (Å²) in [6.45, 7) is 0. The molecular formula is C17H13ClO3. The molecule has 0 aromatic heterocycles. The minimum Gasteiger partial charge on any atom is -0.493 e. The Morgan fingerprint density at radius 3 is 2.57 bits per heavy atom. The smallest absolute Gasteiger partial charge is 0.221 e. The number of ketones is 1. The molecule has 0 heterocycles. The summed E-state index contributed by atoms with van der Waals surface area (Å²) in [7, 11) is 1.41. The first-order chi connectivity index (χ1) is 10.1. The number of carbonyl (C=O) groups excluding carboxylic acids is 1. The van der Waals surface area contributed by atoms with Gasteiger partial charge in [0.2, 0.25) is 5.43 Å². The van der Waals surface area contributed by atoms with Crippen molar-refractivity contribution in [2.24, 2.45) is 0 Å². The predicted octanol–water partition coefficient (Wildman–Crippen LogP) is 3.50. The van der Waals surface area contributed by atoms with Crippen molar-refractivity contribution in [2.75, 3.05) is 7.11 Å². The van der Waals surface area contributed by atoms with Gasteiger partial charge in [-0.25, -0.2) is 0 Å². The van der Waals surface area contributed by atoms with Crippen LogP contribution in [0.5, 0.6) is 5.75 Å². The number of fused-ring (bicyclic) bond motifs is 3. The summed E-state index contributed by atoms with van der Waals surface area (Å²) in [4.78, 5) is 24.5. The number of methoxy groups -OCH3 is 1. The molecule has 21 heavy (non-hydrogen) atoms. The number of carbonyl (C=O) groups is 1. The maximum Gasteiger partial charge on any atom is 0.221 e. The minimum absolute atomic E-state index is 0.0709.